The molecule has 1 saturated heterocycles. The maximum Gasteiger partial charge on any atom is 0.232 e. The molecule has 1 amide bonds. The van der Waals surface area contributed by atoms with E-state index in [1.54, 1.807) is 12.1 Å². The number of hydrogen-bond donors (Lipinski definition) is 2. The van der Waals surface area contributed by atoms with Crippen molar-refractivity contribution in [3.63, 3.8) is 0 Å². The SMILES string of the molecule is Cc1ccc(NC(=O)C2(C(C)C)CCNC2)c(F)c1. The summed E-state index contributed by atoms with van der Waals surface area (Å²) in [7, 11) is 0. The van der Waals surface area contributed by atoms with Gasteiger partial charge in [0.2, 0.25) is 5.91 Å². The van der Waals surface area contributed by atoms with Gasteiger partial charge in [-0.3, -0.25) is 4.79 Å². The molecule has 1 unspecified atom stereocenters. The second kappa shape index (κ2) is 5.29. The van der Waals surface area contributed by atoms with Crippen LogP contribution in [0.25, 0.3) is 0 Å². The Bertz CT molecular complexity index is 479. The molecule has 0 bridgehead atoms. The number of benzene rings is 1. The molecular formula is C15H21FN2O. The standard InChI is InChI=1S/C15H21FN2O/c1-10(2)15(6-7-17-9-15)14(19)18-13-5-4-11(3)8-12(13)16/h4-5,8,10,17H,6-7,9H2,1-3H3,(H,18,19). The maximum absolute atomic E-state index is 13.8. The molecule has 0 radical (unpaired) electrons. The van der Waals surface area contributed by atoms with Crippen LogP contribution in [0.1, 0.15) is 25.8 Å². The number of anilines is 1. The Morgan fingerprint density at radius 1 is 1.47 bits per heavy atom. The Morgan fingerprint density at radius 2 is 2.21 bits per heavy atom. The molecule has 1 atom stereocenters. The van der Waals surface area contributed by atoms with E-state index in [1.807, 2.05) is 20.8 Å². The van der Waals surface area contributed by atoms with Gasteiger partial charge in [-0.1, -0.05) is 19.9 Å². The fourth-order valence-corrected chi connectivity index (χ4v) is 2.63. The molecular weight excluding hydrogens is 243 g/mol. The monoisotopic (exact) mass is 264 g/mol. The van der Waals surface area contributed by atoms with Crippen molar-refractivity contribution in [2.75, 3.05) is 18.4 Å². The highest BCUT2D eigenvalue weighted by atomic mass is 19.1. The van der Waals surface area contributed by atoms with Crippen LogP contribution >= 0.6 is 0 Å². The van der Waals surface area contributed by atoms with Crippen molar-refractivity contribution in [2.24, 2.45) is 11.3 Å². The Labute approximate surface area is 113 Å². The van der Waals surface area contributed by atoms with E-state index in [4.69, 9.17) is 0 Å². The van der Waals surface area contributed by atoms with Gasteiger partial charge in [0, 0.05) is 6.54 Å². The van der Waals surface area contributed by atoms with E-state index in [-0.39, 0.29) is 23.3 Å². The fourth-order valence-electron chi connectivity index (χ4n) is 2.63. The fraction of sp³-hybridized carbons (Fsp3) is 0.533. The number of hydrogen-bond acceptors (Lipinski definition) is 2. The third-order valence-corrected chi connectivity index (χ3v) is 4.12. The first-order valence-electron chi connectivity index (χ1n) is 6.74. The highest BCUT2D eigenvalue weighted by Crippen LogP contribution is 2.35. The molecule has 0 aromatic heterocycles. The lowest BCUT2D eigenvalue weighted by Crippen LogP contribution is -2.42. The van der Waals surface area contributed by atoms with Crippen LogP contribution in [0.4, 0.5) is 10.1 Å². The van der Waals surface area contributed by atoms with E-state index in [0.29, 0.717) is 6.54 Å². The number of carbonyl (C=O) groups excluding carboxylic acids is 1. The van der Waals surface area contributed by atoms with Crippen molar-refractivity contribution < 1.29 is 9.18 Å². The number of rotatable bonds is 3. The summed E-state index contributed by atoms with van der Waals surface area (Å²) in [5.41, 5.74) is 0.677. The number of carbonyl (C=O) groups is 1. The lowest BCUT2D eigenvalue weighted by molar-refractivity contribution is -0.126. The lowest BCUT2D eigenvalue weighted by Gasteiger charge is -2.31. The number of halogens is 1. The minimum absolute atomic E-state index is 0.0877. The van der Waals surface area contributed by atoms with Gasteiger partial charge in [0.05, 0.1) is 11.1 Å². The van der Waals surface area contributed by atoms with Crippen LogP contribution in [-0.4, -0.2) is 19.0 Å². The van der Waals surface area contributed by atoms with E-state index in [1.165, 1.54) is 6.07 Å². The third-order valence-electron chi connectivity index (χ3n) is 4.12. The summed E-state index contributed by atoms with van der Waals surface area (Å²) in [5, 5.41) is 5.98. The Morgan fingerprint density at radius 3 is 2.74 bits per heavy atom. The topological polar surface area (TPSA) is 41.1 Å². The molecule has 1 aromatic rings. The van der Waals surface area contributed by atoms with Gasteiger partial charge in [0.15, 0.2) is 0 Å². The second-order valence-electron chi connectivity index (χ2n) is 5.68. The van der Waals surface area contributed by atoms with E-state index in [0.717, 1.165) is 18.5 Å². The van der Waals surface area contributed by atoms with Crippen molar-refractivity contribution in [3.05, 3.63) is 29.6 Å². The molecule has 19 heavy (non-hydrogen) atoms. The number of nitrogens with one attached hydrogen (secondary N) is 2. The van der Waals surface area contributed by atoms with Gasteiger partial charge in [0.1, 0.15) is 5.82 Å². The van der Waals surface area contributed by atoms with Crippen molar-refractivity contribution in [1.29, 1.82) is 0 Å². The third kappa shape index (κ3) is 2.63. The predicted molar refractivity (Wildman–Crippen MR) is 74.5 cm³/mol. The largest absolute Gasteiger partial charge is 0.323 e. The molecule has 1 aliphatic heterocycles. The molecule has 1 aliphatic rings. The van der Waals surface area contributed by atoms with Crippen LogP contribution in [0.3, 0.4) is 0 Å². The first-order chi connectivity index (χ1) is 8.95. The molecule has 104 valence electrons. The zero-order valence-electron chi connectivity index (χ0n) is 11.7. The van der Waals surface area contributed by atoms with Gasteiger partial charge in [0.25, 0.3) is 0 Å². The molecule has 3 nitrogen and oxygen atoms in total. The molecule has 0 aliphatic carbocycles. The summed E-state index contributed by atoms with van der Waals surface area (Å²) in [4.78, 5) is 12.5. The smallest absolute Gasteiger partial charge is 0.232 e. The van der Waals surface area contributed by atoms with Gasteiger partial charge in [-0.25, -0.2) is 4.39 Å². The number of aryl methyl sites for hydroxylation is 1. The van der Waals surface area contributed by atoms with Crippen LogP contribution in [0, 0.1) is 24.1 Å². The summed E-state index contributed by atoms with van der Waals surface area (Å²) in [6.45, 7) is 7.40. The van der Waals surface area contributed by atoms with Crippen molar-refractivity contribution >= 4 is 11.6 Å². The Kier molecular flexibility index (Phi) is 3.90. The number of amides is 1. The van der Waals surface area contributed by atoms with E-state index in [2.05, 4.69) is 10.6 Å². The maximum atomic E-state index is 13.8. The van der Waals surface area contributed by atoms with Crippen molar-refractivity contribution in [1.82, 2.24) is 5.32 Å². The highest BCUT2D eigenvalue weighted by Gasteiger charge is 2.44. The summed E-state index contributed by atoms with van der Waals surface area (Å²) in [5.74, 6) is -0.246. The average molecular weight is 264 g/mol. The minimum atomic E-state index is -0.433. The molecule has 4 heteroatoms. The Hall–Kier alpha value is -1.42. The van der Waals surface area contributed by atoms with Crippen molar-refractivity contribution in [2.45, 2.75) is 27.2 Å². The molecule has 1 heterocycles. The molecule has 2 rings (SSSR count). The van der Waals surface area contributed by atoms with Gasteiger partial charge in [-0.05, 0) is 43.5 Å². The highest BCUT2D eigenvalue weighted by molar-refractivity contribution is 5.96. The first kappa shape index (κ1) is 14.0. The molecule has 0 saturated carbocycles. The van der Waals surface area contributed by atoms with Crippen LogP contribution in [0.5, 0.6) is 0 Å². The summed E-state index contributed by atoms with van der Waals surface area (Å²) in [6, 6.07) is 4.86. The first-order valence-corrected chi connectivity index (χ1v) is 6.74. The van der Waals surface area contributed by atoms with Gasteiger partial charge < -0.3 is 10.6 Å². The quantitative estimate of drug-likeness (QED) is 0.881. The van der Waals surface area contributed by atoms with Crippen LogP contribution < -0.4 is 10.6 Å². The Balaban J connectivity index is 2.20. The summed E-state index contributed by atoms with van der Waals surface area (Å²) < 4.78 is 13.8. The molecule has 0 spiro atoms. The van der Waals surface area contributed by atoms with Crippen molar-refractivity contribution in [3.8, 4) is 0 Å². The van der Waals surface area contributed by atoms with E-state index >= 15 is 0 Å². The molecule has 1 fully saturated rings. The van der Waals surface area contributed by atoms with Gasteiger partial charge >= 0.3 is 0 Å². The zero-order chi connectivity index (χ0) is 14.0. The summed E-state index contributed by atoms with van der Waals surface area (Å²) in [6.07, 6.45) is 0.796. The van der Waals surface area contributed by atoms with E-state index in [9.17, 15) is 9.18 Å². The second-order valence-corrected chi connectivity index (χ2v) is 5.68. The minimum Gasteiger partial charge on any atom is -0.323 e. The predicted octanol–water partition coefficient (Wildman–Crippen LogP) is 2.71. The van der Waals surface area contributed by atoms with Gasteiger partial charge in [-0.15, -0.1) is 0 Å². The zero-order valence-corrected chi connectivity index (χ0v) is 11.7. The normalized spacial score (nSPS) is 22.8. The molecule has 2 N–H and O–H groups in total. The molecule has 1 aromatic carbocycles. The lowest BCUT2D eigenvalue weighted by atomic mass is 9.75. The van der Waals surface area contributed by atoms with Crippen LogP contribution in [0.2, 0.25) is 0 Å². The average Bonchev–Trinajstić information content (AvgIpc) is 2.83. The summed E-state index contributed by atoms with van der Waals surface area (Å²) >= 11 is 0. The van der Waals surface area contributed by atoms with Crippen LogP contribution in [0.15, 0.2) is 18.2 Å². The van der Waals surface area contributed by atoms with E-state index < -0.39 is 5.41 Å². The van der Waals surface area contributed by atoms with Crippen LogP contribution in [-0.2, 0) is 4.79 Å². The van der Waals surface area contributed by atoms with Gasteiger partial charge in [-0.2, -0.15) is 0 Å².